The minimum atomic E-state index is -5.85. The van der Waals surface area contributed by atoms with Crippen LogP contribution in [-0.2, 0) is 28.5 Å². The van der Waals surface area contributed by atoms with E-state index < -0.39 is 64.5 Å². The monoisotopic (exact) mass is 1310 g/mol. The van der Waals surface area contributed by atoms with Crippen LogP contribution in [0.1, 0.15) is 127 Å². The molecule has 11 rings (SSSR count). The number of nitrogens with zero attached hydrogens (tertiary/aromatic N) is 3. The van der Waals surface area contributed by atoms with Crippen LogP contribution < -0.4 is 30.5 Å². The number of halogens is 3. The average Bonchev–Trinajstić information content (AvgIpc) is 0.787. The lowest BCUT2D eigenvalue weighted by Gasteiger charge is -2.42. The number of allylic oxidation sites excluding steroid dienone is 2. The number of esters is 1. The second-order valence-electron chi connectivity index (χ2n) is 24.9. The van der Waals surface area contributed by atoms with E-state index in [1.165, 1.54) is 102 Å². The van der Waals surface area contributed by atoms with Crippen LogP contribution in [0.2, 0.25) is 0 Å². The molecule has 3 spiro atoms. The maximum atomic E-state index is 12.8. The smallest absolute Gasteiger partial charge is 0.482 e. The number of carbonyl (C=O) groups is 3. The van der Waals surface area contributed by atoms with Crippen LogP contribution >= 0.6 is 0 Å². The van der Waals surface area contributed by atoms with Gasteiger partial charge in [0.2, 0.25) is 0 Å². The Hall–Kier alpha value is -8.31. The molecule has 5 aromatic carbocycles. The molecule has 0 saturated carbocycles. The predicted octanol–water partition coefficient (Wildman–Crippen LogP) is 9.30. The normalized spacial score (nSPS) is 17.1. The van der Waals surface area contributed by atoms with E-state index in [9.17, 15) is 36.0 Å². The van der Waals surface area contributed by atoms with Crippen molar-refractivity contribution in [1.82, 2.24) is 15.1 Å². The Balaban J connectivity index is 0.000000173. The number of alkyl halides is 3. The summed E-state index contributed by atoms with van der Waals surface area (Å²) >= 11 is 0. The van der Waals surface area contributed by atoms with Crippen molar-refractivity contribution in [1.29, 1.82) is 5.26 Å². The molecule has 6 aliphatic heterocycles. The zero-order chi connectivity index (χ0) is 68.2. The Morgan fingerprint density at radius 3 is 1.31 bits per heavy atom. The number of methoxy groups -OCH3 is 1. The lowest BCUT2D eigenvalue weighted by atomic mass is 9.80. The van der Waals surface area contributed by atoms with Gasteiger partial charge >= 0.3 is 48.0 Å². The van der Waals surface area contributed by atoms with Crippen LogP contribution in [0.25, 0.3) is 16.9 Å². The fourth-order valence-electron chi connectivity index (χ4n) is 10.8. The number of ether oxygens (including phenoxy) is 6. The molecule has 0 atom stereocenters. The number of hydrogen-bond acceptors (Lipinski definition) is 18. The highest BCUT2D eigenvalue weighted by Gasteiger charge is 2.51. The zero-order valence-electron chi connectivity index (χ0n) is 53.5. The molecule has 20 nitrogen and oxygen atoms in total. The summed E-state index contributed by atoms with van der Waals surface area (Å²) in [5.41, 5.74) is -1.41. The lowest BCUT2D eigenvalue weighted by Crippen LogP contribution is -2.50. The number of hydrogen-bond donors (Lipinski definition) is 5. The summed E-state index contributed by atoms with van der Waals surface area (Å²) in [5.74, 6) is 1.31. The van der Waals surface area contributed by atoms with Gasteiger partial charge in [-0.25, -0.2) is 14.4 Å². The Labute approximate surface area is 541 Å². The number of amides is 2. The van der Waals surface area contributed by atoms with E-state index >= 15 is 0 Å². The summed E-state index contributed by atoms with van der Waals surface area (Å²) in [6.45, 7) is 19.0. The molecular weight excluding hydrogens is 1230 g/mol. The first-order valence-corrected chi connectivity index (χ1v) is 31.6. The van der Waals surface area contributed by atoms with Crippen LogP contribution in [0.5, 0.6) is 17.2 Å². The molecule has 5 N–H and O–H groups in total. The Morgan fingerprint density at radius 1 is 0.570 bits per heavy atom. The molecule has 3 fully saturated rings. The van der Waals surface area contributed by atoms with Crippen molar-refractivity contribution in [2.75, 3.05) is 46.4 Å². The summed E-state index contributed by atoms with van der Waals surface area (Å²) < 4.78 is 99.9. The van der Waals surface area contributed by atoms with Gasteiger partial charge in [-0.2, -0.15) is 26.9 Å². The molecule has 93 heavy (non-hydrogen) atoms. The van der Waals surface area contributed by atoms with E-state index in [2.05, 4.69) is 64.5 Å². The third kappa shape index (κ3) is 19.6. The maximum Gasteiger partial charge on any atom is 0.534 e. The number of para-hydroxylation sites is 3. The van der Waals surface area contributed by atoms with Crippen LogP contribution in [0.15, 0.2) is 140 Å². The van der Waals surface area contributed by atoms with Crippen LogP contribution in [-0.4, -0.2) is 151 Å². The highest BCUT2D eigenvalue weighted by atomic mass is 32.2. The van der Waals surface area contributed by atoms with Crippen molar-refractivity contribution in [3.8, 4) is 23.3 Å². The average molecular weight is 1310 g/mol. The quantitative estimate of drug-likeness (QED) is 0.0360. The topological polar surface area (TPSA) is 273 Å². The Morgan fingerprint density at radius 2 is 0.935 bits per heavy atom. The highest BCUT2D eigenvalue weighted by molar-refractivity contribution is 7.87. The molecule has 3 saturated heterocycles. The number of nitriles is 1. The first kappa shape index (κ1) is 72.1. The van der Waals surface area contributed by atoms with Crippen molar-refractivity contribution >= 4 is 70.3 Å². The third-order valence-electron chi connectivity index (χ3n) is 15.5. The molecule has 496 valence electrons. The first-order valence-electron chi connectivity index (χ1n) is 30.2. The van der Waals surface area contributed by atoms with Gasteiger partial charge in [-0.3, -0.25) is 0 Å². The van der Waals surface area contributed by atoms with Crippen molar-refractivity contribution in [3.05, 3.63) is 167 Å². The van der Waals surface area contributed by atoms with Crippen molar-refractivity contribution in [2.24, 2.45) is 0 Å². The predicted molar refractivity (Wildman–Crippen MR) is 346 cm³/mol. The second kappa shape index (κ2) is 30.2. The van der Waals surface area contributed by atoms with Gasteiger partial charge in [0, 0.05) is 81.9 Å². The molecule has 0 aromatic heterocycles. The van der Waals surface area contributed by atoms with Gasteiger partial charge in [0.05, 0.1) is 29.9 Å². The molecule has 0 aliphatic carbocycles. The van der Waals surface area contributed by atoms with E-state index in [0.717, 1.165) is 55.8 Å². The van der Waals surface area contributed by atoms with Crippen LogP contribution in [0, 0.1) is 11.3 Å². The summed E-state index contributed by atoms with van der Waals surface area (Å²) in [4.78, 5) is 38.7. The minimum absolute atomic E-state index is 0.0519. The number of likely N-dealkylation sites (tertiary alicyclic amines) is 2. The summed E-state index contributed by atoms with van der Waals surface area (Å²) in [6, 6.07) is 36.4. The van der Waals surface area contributed by atoms with E-state index in [4.69, 9.17) is 49.0 Å². The number of carbonyl (C=O) groups excluding carboxylic acids is 3. The lowest BCUT2D eigenvalue weighted by molar-refractivity contribution is -0.0512. The molecule has 0 radical (unpaired) electrons. The van der Waals surface area contributed by atoms with E-state index in [1.807, 2.05) is 51.1 Å². The molecule has 6 aliphatic rings. The van der Waals surface area contributed by atoms with Gasteiger partial charge in [0.15, 0.2) is 5.76 Å². The minimum Gasteiger partial charge on any atom is -0.482 e. The SMILES string of the molecule is CC(C)(C)OC(=O)N1CCC2(C=C(OS(=O)(=O)C(F)(F)F)c3ccccc3O2)CC1.CC1=CC2(CCN(C(=O)OC(C)(C)C)CC2)Oc2ccccc21.CC1=CC2(CCNCC2)Oc2ccccc21.COC(=O)c1ccc(B(O)O)cc1.N#Cc1ccc(B(O)O)cc1. The Kier molecular flexibility index (Phi) is 23.4. The summed E-state index contributed by atoms with van der Waals surface area (Å²) in [5, 5.41) is 46.6. The first-order chi connectivity index (χ1) is 43.7. The molecule has 6 heterocycles. The number of rotatable bonds is 5. The number of nitrogens with one attached hydrogen (secondary N) is 1. The molecule has 5 aromatic rings. The highest BCUT2D eigenvalue weighted by Crippen LogP contribution is 2.45. The van der Waals surface area contributed by atoms with Crippen LogP contribution in [0.4, 0.5) is 22.8 Å². The Bertz CT molecular complexity index is 3670. The molecule has 2 amide bonds. The van der Waals surface area contributed by atoms with E-state index in [-0.39, 0.29) is 54.5 Å². The van der Waals surface area contributed by atoms with E-state index in [0.29, 0.717) is 35.1 Å². The maximum absolute atomic E-state index is 12.8. The van der Waals surface area contributed by atoms with Gasteiger partial charge in [-0.15, -0.1) is 0 Å². The third-order valence-corrected chi connectivity index (χ3v) is 16.5. The number of piperidine rings is 3. The zero-order valence-corrected chi connectivity index (χ0v) is 54.3. The standard InChI is InChI=1S/C19H22F3NO6S.C19H25NO3.C14H17NO.C8H9BO4.C7H6BNO2/c1-17(2,3)28-16(24)23-10-8-18(9-11-23)12-15(29-30(25,26)19(20,21)22)13-6-4-5-7-14(13)27-18;1-14-13-19(22-16-8-6-5-7-15(14)16)9-11-20(12-10-19)17(21)23-18(2,3)4;1-11-10-14(6-8-15-9-7-14)16-13-5-3-2-4-12(11)13;1-13-8(10)6-2-4-7(5-3-6)9(11)12;9-5-6-1-3-7(4-2-6)8(10)11/h4-7,12H,8-11H2,1-3H3;5-8,13H,9-12H2,1-4H3;2-5,10,15H,6-9H2,1H3;2-5,11-12H,1H3;1-4,10-11H. The van der Waals surface area contributed by atoms with Crippen molar-refractivity contribution in [2.45, 2.75) is 127 Å². The van der Waals surface area contributed by atoms with Gasteiger partial charge in [0.25, 0.3) is 0 Å². The fraction of sp³-hybridized carbons (Fsp3) is 0.403. The van der Waals surface area contributed by atoms with E-state index in [1.54, 1.807) is 31.7 Å². The molecular formula is C67H79B2F3N4O16S. The van der Waals surface area contributed by atoms with Gasteiger partial charge in [-0.05, 0) is 151 Å². The van der Waals surface area contributed by atoms with Crippen LogP contribution in [0.3, 0.4) is 0 Å². The molecule has 0 bridgehead atoms. The molecule has 26 heteroatoms. The summed E-state index contributed by atoms with van der Waals surface area (Å²) in [7, 11) is -7.52. The number of fused-ring (bicyclic) bond motifs is 3. The number of benzene rings is 5. The summed E-state index contributed by atoms with van der Waals surface area (Å²) in [6.07, 6.45) is 9.22. The van der Waals surface area contributed by atoms with Gasteiger partial charge in [-0.1, -0.05) is 72.8 Å². The molecule has 0 unspecified atom stereocenters. The van der Waals surface area contributed by atoms with Gasteiger partial charge < -0.3 is 67.8 Å². The van der Waals surface area contributed by atoms with Gasteiger partial charge in [0.1, 0.15) is 45.3 Å². The fourth-order valence-corrected chi connectivity index (χ4v) is 11.2. The van der Waals surface area contributed by atoms with Crippen molar-refractivity contribution < 1.29 is 88.7 Å². The van der Waals surface area contributed by atoms with Crippen molar-refractivity contribution in [3.63, 3.8) is 0 Å². The second-order valence-corrected chi connectivity index (χ2v) is 26.5. The largest absolute Gasteiger partial charge is 0.534 e.